The van der Waals surface area contributed by atoms with Gasteiger partial charge in [0.15, 0.2) is 0 Å². The predicted molar refractivity (Wildman–Crippen MR) is 116 cm³/mol. The molecule has 0 aliphatic heterocycles. The molecule has 180 valence electrons. The zero-order chi connectivity index (χ0) is 24.1. The van der Waals surface area contributed by atoms with Crippen LogP contribution in [0.4, 0.5) is 0 Å². The van der Waals surface area contributed by atoms with Crippen LogP contribution in [0.15, 0.2) is 6.07 Å². The molecule has 0 saturated heterocycles. The maximum absolute atomic E-state index is 11.7. The molecule has 11 heteroatoms. The van der Waals surface area contributed by atoms with Gasteiger partial charge in [0.2, 0.25) is 5.91 Å². The SMILES string of the molecule is CC(=O)Oc1c(C)cc(OCC(O)CNCCNC(=O)CCCCO[N+](=O)[O-])c(C)c1C. The Kier molecular flexibility index (Phi) is 12.0. The van der Waals surface area contributed by atoms with Gasteiger partial charge in [-0.05, 0) is 56.4 Å². The van der Waals surface area contributed by atoms with E-state index in [4.69, 9.17) is 9.47 Å². The number of benzene rings is 1. The van der Waals surface area contributed by atoms with Crippen molar-refractivity contribution in [2.45, 2.75) is 53.1 Å². The number of nitrogens with one attached hydrogen (secondary N) is 2. The van der Waals surface area contributed by atoms with Crippen LogP contribution < -0.4 is 20.1 Å². The van der Waals surface area contributed by atoms with Crippen LogP contribution in [0.1, 0.15) is 42.9 Å². The van der Waals surface area contributed by atoms with Crippen LogP contribution in [0, 0.1) is 30.9 Å². The zero-order valence-electron chi connectivity index (χ0n) is 19.1. The maximum atomic E-state index is 11.7. The van der Waals surface area contributed by atoms with E-state index in [1.165, 1.54) is 6.92 Å². The minimum absolute atomic E-state index is 0.0171. The van der Waals surface area contributed by atoms with E-state index in [-0.39, 0.29) is 38.1 Å². The number of aliphatic hydroxyl groups is 1. The highest BCUT2D eigenvalue weighted by molar-refractivity contribution is 5.75. The van der Waals surface area contributed by atoms with E-state index in [0.29, 0.717) is 37.4 Å². The molecule has 1 atom stereocenters. The second-order valence-electron chi connectivity index (χ2n) is 7.40. The lowest BCUT2D eigenvalue weighted by molar-refractivity contribution is -0.757. The molecule has 0 heterocycles. The second kappa shape index (κ2) is 14.2. The number of hydrogen-bond donors (Lipinski definition) is 3. The molecule has 32 heavy (non-hydrogen) atoms. The number of rotatable bonds is 15. The summed E-state index contributed by atoms with van der Waals surface area (Å²) in [6.45, 7) is 8.11. The molecule has 1 amide bonds. The molecule has 0 aliphatic rings. The lowest BCUT2D eigenvalue weighted by Crippen LogP contribution is -2.37. The Hall–Kier alpha value is -2.92. The monoisotopic (exact) mass is 455 g/mol. The molecular formula is C21H33N3O8. The average Bonchev–Trinajstić information content (AvgIpc) is 2.71. The number of hydrogen-bond acceptors (Lipinski definition) is 9. The number of aryl methyl sites for hydroxylation is 1. The third kappa shape index (κ3) is 10.4. The first-order chi connectivity index (χ1) is 15.1. The molecule has 0 aliphatic carbocycles. The maximum Gasteiger partial charge on any atom is 0.308 e. The average molecular weight is 456 g/mol. The summed E-state index contributed by atoms with van der Waals surface area (Å²) < 4.78 is 11.0. The van der Waals surface area contributed by atoms with Gasteiger partial charge in [0.05, 0.1) is 6.61 Å². The summed E-state index contributed by atoms with van der Waals surface area (Å²) >= 11 is 0. The standard InChI is InChI=1S/C21H33N3O8/c1-14-11-19(15(2)16(3)21(14)32-17(4)25)30-13-18(26)12-22-8-9-23-20(27)7-5-6-10-31-24(28)29/h11,18,22,26H,5-10,12-13H2,1-4H3,(H,23,27). The van der Waals surface area contributed by atoms with Crippen LogP contribution >= 0.6 is 0 Å². The molecule has 0 aromatic heterocycles. The van der Waals surface area contributed by atoms with Crippen molar-refractivity contribution in [2.24, 2.45) is 0 Å². The Morgan fingerprint density at radius 2 is 1.91 bits per heavy atom. The normalized spacial score (nSPS) is 11.5. The predicted octanol–water partition coefficient (Wildman–Crippen LogP) is 1.36. The first kappa shape index (κ1) is 27.1. The number of ether oxygens (including phenoxy) is 2. The van der Waals surface area contributed by atoms with Crippen LogP contribution in [0.2, 0.25) is 0 Å². The number of carbonyl (C=O) groups excluding carboxylic acids is 2. The molecule has 0 bridgehead atoms. The molecular weight excluding hydrogens is 422 g/mol. The summed E-state index contributed by atoms with van der Waals surface area (Å²) in [4.78, 5) is 37.1. The van der Waals surface area contributed by atoms with Gasteiger partial charge in [-0.15, -0.1) is 10.1 Å². The number of aliphatic hydroxyl groups excluding tert-OH is 1. The van der Waals surface area contributed by atoms with Gasteiger partial charge in [-0.25, -0.2) is 0 Å². The summed E-state index contributed by atoms with van der Waals surface area (Å²) in [5.41, 5.74) is 2.41. The molecule has 3 N–H and O–H groups in total. The molecule has 1 aromatic carbocycles. The van der Waals surface area contributed by atoms with Crippen molar-refractivity contribution in [2.75, 3.05) is 32.8 Å². The van der Waals surface area contributed by atoms with E-state index in [2.05, 4.69) is 15.5 Å². The molecule has 1 aromatic rings. The van der Waals surface area contributed by atoms with Crippen molar-refractivity contribution in [3.05, 3.63) is 32.9 Å². The van der Waals surface area contributed by atoms with E-state index in [1.54, 1.807) is 6.07 Å². The molecule has 0 radical (unpaired) electrons. The van der Waals surface area contributed by atoms with Gasteiger partial charge < -0.3 is 30.1 Å². The summed E-state index contributed by atoms with van der Waals surface area (Å²) in [5, 5.41) is 25.0. The zero-order valence-corrected chi connectivity index (χ0v) is 19.1. The Labute approximate surface area is 187 Å². The smallest absolute Gasteiger partial charge is 0.308 e. The Morgan fingerprint density at radius 1 is 1.19 bits per heavy atom. The third-order valence-corrected chi connectivity index (χ3v) is 4.65. The number of nitrogens with zero attached hydrogens (tertiary/aromatic N) is 1. The lowest BCUT2D eigenvalue weighted by Gasteiger charge is -2.18. The van der Waals surface area contributed by atoms with Crippen LogP contribution in [0.5, 0.6) is 11.5 Å². The van der Waals surface area contributed by atoms with E-state index in [9.17, 15) is 24.8 Å². The van der Waals surface area contributed by atoms with Crippen molar-refractivity contribution in [1.29, 1.82) is 0 Å². The molecule has 1 rings (SSSR count). The number of unbranched alkanes of at least 4 members (excludes halogenated alkanes) is 1. The van der Waals surface area contributed by atoms with Crippen molar-refractivity contribution in [3.63, 3.8) is 0 Å². The summed E-state index contributed by atoms with van der Waals surface area (Å²) in [6.07, 6.45) is 0.458. The van der Waals surface area contributed by atoms with Crippen LogP contribution in [0.3, 0.4) is 0 Å². The van der Waals surface area contributed by atoms with Crippen LogP contribution in [-0.2, 0) is 14.4 Å². The number of carbonyl (C=O) groups is 2. The molecule has 0 saturated carbocycles. The summed E-state index contributed by atoms with van der Waals surface area (Å²) in [5.74, 6) is 0.613. The lowest BCUT2D eigenvalue weighted by atomic mass is 10.0. The summed E-state index contributed by atoms with van der Waals surface area (Å²) in [6, 6.07) is 1.78. The first-order valence-corrected chi connectivity index (χ1v) is 10.5. The van der Waals surface area contributed by atoms with E-state index >= 15 is 0 Å². The van der Waals surface area contributed by atoms with Gasteiger partial charge in [-0.2, -0.15) is 0 Å². The quantitative estimate of drug-likeness (QED) is 0.117. The second-order valence-corrected chi connectivity index (χ2v) is 7.40. The Bertz CT molecular complexity index is 785. The van der Waals surface area contributed by atoms with Gasteiger partial charge >= 0.3 is 5.97 Å². The first-order valence-electron chi connectivity index (χ1n) is 10.5. The van der Waals surface area contributed by atoms with Gasteiger partial charge in [-0.3, -0.25) is 9.59 Å². The van der Waals surface area contributed by atoms with Crippen LogP contribution in [-0.4, -0.2) is 61.0 Å². The third-order valence-electron chi connectivity index (χ3n) is 4.65. The van der Waals surface area contributed by atoms with E-state index in [1.807, 2.05) is 20.8 Å². The van der Waals surface area contributed by atoms with Gasteiger partial charge in [-0.1, -0.05) is 0 Å². The van der Waals surface area contributed by atoms with Crippen molar-refractivity contribution in [3.8, 4) is 11.5 Å². The van der Waals surface area contributed by atoms with Crippen molar-refractivity contribution in [1.82, 2.24) is 10.6 Å². The van der Waals surface area contributed by atoms with Gasteiger partial charge in [0, 0.05) is 33.0 Å². The minimum atomic E-state index is -0.851. The largest absolute Gasteiger partial charge is 0.491 e. The van der Waals surface area contributed by atoms with Crippen molar-refractivity contribution >= 4 is 11.9 Å². The van der Waals surface area contributed by atoms with Gasteiger partial charge in [0.1, 0.15) is 24.2 Å². The highest BCUT2D eigenvalue weighted by atomic mass is 16.9. The fourth-order valence-corrected chi connectivity index (χ4v) is 2.89. The highest BCUT2D eigenvalue weighted by Crippen LogP contribution is 2.33. The summed E-state index contributed by atoms with van der Waals surface area (Å²) in [7, 11) is 0. The fourth-order valence-electron chi connectivity index (χ4n) is 2.89. The molecule has 0 fully saturated rings. The molecule has 11 nitrogen and oxygen atoms in total. The topological polar surface area (TPSA) is 149 Å². The Balaban J connectivity index is 2.25. The number of esters is 1. The van der Waals surface area contributed by atoms with E-state index < -0.39 is 11.2 Å². The number of amides is 1. The highest BCUT2D eigenvalue weighted by Gasteiger charge is 2.15. The van der Waals surface area contributed by atoms with Crippen LogP contribution in [0.25, 0.3) is 0 Å². The van der Waals surface area contributed by atoms with E-state index in [0.717, 1.165) is 16.7 Å². The fraction of sp³-hybridized carbons (Fsp3) is 0.619. The van der Waals surface area contributed by atoms with Crippen molar-refractivity contribution < 1.29 is 34.1 Å². The molecule has 1 unspecified atom stereocenters. The minimum Gasteiger partial charge on any atom is -0.491 e. The molecule has 0 spiro atoms. The van der Waals surface area contributed by atoms with Gasteiger partial charge in [0.25, 0.3) is 5.09 Å². The Morgan fingerprint density at radius 3 is 2.56 bits per heavy atom.